The van der Waals surface area contributed by atoms with E-state index in [4.69, 9.17) is 9.63 Å². The first kappa shape index (κ1) is 13.1. The number of amides is 1. The van der Waals surface area contributed by atoms with Gasteiger partial charge in [0.2, 0.25) is 5.89 Å². The van der Waals surface area contributed by atoms with Crippen molar-refractivity contribution < 1.29 is 19.2 Å². The van der Waals surface area contributed by atoms with Crippen molar-refractivity contribution in [1.29, 1.82) is 0 Å². The van der Waals surface area contributed by atoms with Gasteiger partial charge in [-0.2, -0.15) is 4.98 Å². The second kappa shape index (κ2) is 4.52. The van der Waals surface area contributed by atoms with Crippen molar-refractivity contribution in [2.75, 3.05) is 6.54 Å². The molecule has 0 bridgehead atoms. The molecule has 1 rings (SSSR count). The second-order valence-electron chi connectivity index (χ2n) is 4.05. The highest BCUT2D eigenvalue weighted by Crippen LogP contribution is 2.17. The number of carbonyl (C=O) groups is 2. The van der Waals surface area contributed by atoms with Gasteiger partial charge in [0.15, 0.2) is 0 Å². The number of carboxylic acid groups (broad SMARTS) is 1. The van der Waals surface area contributed by atoms with E-state index < -0.39 is 17.4 Å². The second-order valence-corrected chi connectivity index (χ2v) is 4.05. The van der Waals surface area contributed by atoms with E-state index in [1.807, 2.05) is 0 Å². The number of rotatable bonds is 4. The molecule has 0 atom stereocenters. The highest BCUT2D eigenvalue weighted by Gasteiger charge is 2.38. The van der Waals surface area contributed by atoms with E-state index in [0.29, 0.717) is 0 Å². The fourth-order valence-corrected chi connectivity index (χ4v) is 1.42. The van der Waals surface area contributed by atoms with Gasteiger partial charge in [0.1, 0.15) is 5.54 Å². The third-order valence-electron chi connectivity index (χ3n) is 2.48. The SMILES string of the molecule is CCN(C(=O)c1noc(C)n1)C(C)(C)C(=O)O. The van der Waals surface area contributed by atoms with Crippen molar-refractivity contribution in [2.24, 2.45) is 0 Å². The molecule has 7 nitrogen and oxygen atoms in total. The normalized spacial score (nSPS) is 11.3. The Morgan fingerprint density at radius 2 is 2.06 bits per heavy atom. The molecule has 0 radical (unpaired) electrons. The van der Waals surface area contributed by atoms with Crippen LogP contribution in [0.25, 0.3) is 0 Å². The standard InChI is InChI=1S/C10H15N3O4/c1-5-13(10(3,4)9(15)16)8(14)7-11-6(2)17-12-7/h5H2,1-4H3,(H,15,16). The highest BCUT2D eigenvalue weighted by molar-refractivity contribution is 5.94. The smallest absolute Gasteiger partial charge is 0.329 e. The summed E-state index contributed by atoms with van der Waals surface area (Å²) >= 11 is 0. The van der Waals surface area contributed by atoms with Crippen molar-refractivity contribution in [3.63, 3.8) is 0 Å². The molecule has 0 aliphatic heterocycles. The van der Waals surface area contributed by atoms with Crippen molar-refractivity contribution >= 4 is 11.9 Å². The monoisotopic (exact) mass is 241 g/mol. The lowest BCUT2D eigenvalue weighted by molar-refractivity contribution is -0.147. The molecule has 0 aliphatic carbocycles. The molecular weight excluding hydrogens is 226 g/mol. The topological polar surface area (TPSA) is 96.5 Å². The van der Waals surface area contributed by atoms with Gasteiger partial charge >= 0.3 is 5.97 Å². The maximum atomic E-state index is 12.0. The Labute approximate surface area is 98.4 Å². The largest absolute Gasteiger partial charge is 0.480 e. The summed E-state index contributed by atoms with van der Waals surface area (Å²) in [5, 5.41) is 12.6. The molecular formula is C10H15N3O4. The van der Waals surface area contributed by atoms with E-state index in [0.717, 1.165) is 0 Å². The molecule has 1 amide bonds. The molecule has 0 saturated heterocycles. The van der Waals surface area contributed by atoms with E-state index in [1.54, 1.807) is 13.8 Å². The molecule has 0 fully saturated rings. The fourth-order valence-electron chi connectivity index (χ4n) is 1.42. The van der Waals surface area contributed by atoms with Crippen molar-refractivity contribution in [2.45, 2.75) is 33.2 Å². The zero-order chi connectivity index (χ0) is 13.2. The molecule has 94 valence electrons. The average molecular weight is 241 g/mol. The number of aryl methyl sites for hydroxylation is 1. The van der Waals surface area contributed by atoms with Gasteiger partial charge in [0.25, 0.3) is 11.7 Å². The Balaban J connectivity index is 3.04. The zero-order valence-electron chi connectivity index (χ0n) is 10.2. The number of aromatic nitrogens is 2. The van der Waals surface area contributed by atoms with Crippen LogP contribution in [0.4, 0.5) is 0 Å². The van der Waals surface area contributed by atoms with Gasteiger partial charge in [-0.1, -0.05) is 5.16 Å². The van der Waals surface area contributed by atoms with Crippen LogP contribution in [0, 0.1) is 6.92 Å². The third-order valence-corrected chi connectivity index (χ3v) is 2.48. The first-order valence-corrected chi connectivity index (χ1v) is 5.16. The van der Waals surface area contributed by atoms with Gasteiger partial charge in [-0.3, -0.25) is 4.79 Å². The van der Waals surface area contributed by atoms with Gasteiger partial charge in [0, 0.05) is 13.5 Å². The molecule has 0 aromatic carbocycles. The number of carbonyl (C=O) groups excluding carboxylic acids is 1. The lowest BCUT2D eigenvalue weighted by atomic mass is 10.0. The minimum atomic E-state index is -1.32. The van der Waals surface area contributed by atoms with Gasteiger partial charge in [-0.15, -0.1) is 0 Å². The van der Waals surface area contributed by atoms with E-state index in [2.05, 4.69) is 10.1 Å². The van der Waals surface area contributed by atoms with Crippen molar-refractivity contribution in [3.8, 4) is 0 Å². The number of nitrogens with zero attached hydrogens (tertiary/aromatic N) is 3. The quantitative estimate of drug-likeness (QED) is 0.833. The Hall–Kier alpha value is -1.92. The van der Waals surface area contributed by atoms with Crippen LogP contribution in [-0.4, -0.2) is 44.1 Å². The van der Waals surface area contributed by atoms with Crippen LogP contribution in [-0.2, 0) is 4.79 Å². The average Bonchev–Trinajstić information content (AvgIpc) is 2.65. The summed E-state index contributed by atoms with van der Waals surface area (Å²) in [5.74, 6) is -1.51. The van der Waals surface area contributed by atoms with E-state index in [-0.39, 0.29) is 18.3 Å². The van der Waals surface area contributed by atoms with Crippen LogP contribution in [0.2, 0.25) is 0 Å². The Morgan fingerprint density at radius 3 is 2.41 bits per heavy atom. The number of likely N-dealkylation sites (N-methyl/N-ethyl adjacent to an activating group) is 1. The summed E-state index contributed by atoms with van der Waals surface area (Å²) in [5.41, 5.74) is -1.32. The minimum Gasteiger partial charge on any atom is -0.480 e. The Bertz CT molecular complexity index is 439. The van der Waals surface area contributed by atoms with Crippen LogP contribution in [0.1, 0.15) is 37.3 Å². The molecule has 7 heteroatoms. The Kier molecular flexibility index (Phi) is 3.50. The summed E-state index contributed by atoms with van der Waals surface area (Å²) in [6.45, 7) is 6.39. The molecule has 1 aromatic heterocycles. The predicted octanol–water partition coefficient (Wildman–Crippen LogP) is 0.703. The molecule has 0 unspecified atom stereocenters. The maximum absolute atomic E-state index is 12.0. The van der Waals surface area contributed by atoms with Crippen LogP contribution in [0.3, 0.4) is 0 Å². The fraction of sp³-hybridized carbons (Fsp3) is 0.600. The van der Waals surface area contributed by atoms with Crippen LogP contribution < -0.4 is 0 Å². The van der Waals surface area contributed by atoms with Gasteiger partial charge in [-0.05, 0) is 20.8 Å². The number of hydrogen-bond donors (Lipinski definition) is 1. The van der Waals surface area contributed by atoms with E-state index in [1.165, 1.54) is 18.7 Å². The summed E-state index contributed by atoms with van der Waals surface area (Å²) in [7, 11) is 0. The minimum absolute atomic E-state index is 0.126. The van der Waals surface area contributed by atoms with Crippen LogP contribution >= 0.6 is 0 Å². The lowest BCUT2D eigenvalue weighted by Gasteiger charge is -2.33. The molecule has 1 N–H and O–H groups in total. The maximum Gasteiger partial charge on any atom is 0.329 e. The highest BCUT2D eigenvalue weighted by atomic mass is 16.5. The van der Waals surface area contributed by atoms with Crippen molar-refractivity contribution in [3.05, 3.63) is 11.7 Å². The number of carboxylic acids is 1. The van der Waals surface area contributed by atoms with Crippen LogP contribution in [0.5, 0.6) is 0 Å². The summed E-state index contributed by atoms with van der Waals surface area (Å²) in [6, 6.07) is 0. The summed E-state index contributed by atoms with van der Waals surface area (Å²) < 4.78 is 4.70. The molecule has 0 aliphatic rings. The van der Waals surface area contributed by atoms with Crippen molar-refractivity contribution in [1.82, 2.24) is 15.0 Å². The number of aliphatic carboxylic acids is 1. The van der Waals surface area contributed by atoms with Crippen LogP contribution in [0.15, 0.2) is 4.52 Å². The van der Waals surface area contributed by atoms with Gasteiger partial charge in [-0.25, -0.2) is 4.79 Å². The number of hydrogen-bond acceptors (Lipinski definition) is 5. The van der Waals surface area contributed by atoms with E-state index >= 15 is 0 Å². The zero-order valence-corrected chi connectivity index (χ0v) is 10.2. The molecule has 0 spiro atoms. The van der Waals surface area contributed by atoms with Gasteiger partial charge < -0.3 is 14.5 Å². The van der Waals surface area contributed by atoms with Gasteiger partial charge in [0.05, 0.1) is 0 Å². The third kappa shape index (κ3) is 2.43. The predicted molar refractivity (Wildman–Crippen MR) is 57.5 cm³/mol. The first-order valence-electron chi connectivity index (χ1n) is 5.16. The lowest BCUT2D eigenvalue weighted by Crippen LogP contribution is -2.53. The molecule has 17 heavy (non-hydrogen) atoms. The molecule has 1 aromatic rings. The first-order chi connectivity index (χ1) is 7.80. The molecule has 0 saturated carbocycles. The van der Waals surface area contributed by atoms with E-state index in [9.17, 15) is 9.59 Å². The molecule has 1 heterocycles. The summed E-state index contributed by atoms with van der Waals surface area (Å²) in [6.07, 6.45) is 0. The summed E-state index contributed by atoms with van der Waals surface area (Å²) in [4.78, 5) is 28.1. The Morgan fingerprint density at radius 1 is 1.47 bits per heavy atom.